The summed E-state index contributed by atoms with van der Waals surface area (Å²) in [5, 5.41) is 0. The molecule has 0 bridgehead atoms. The van der Waals surface area contributed by atoms with E-state index in [2.05, 4.69) is 4.98 Å². The molecule has 0 radical (unpaired) electrons. The number of aromatic nitrogens is 1. The van der Waals surface area contributed by atoms with Gasteiger partial charge in [0.1, 0.15) is 11.6 Å². The highest BCUT2D eigenvalue weighted by Crippen LogP contribution is 2.20. The molecule has 2 aromatic carbocycles. The number of ether oxygens (including phenoxy) is 2. The monoisotopic (exact) mass is 434 g/mol. The normalized spacial score (nSPS) is 15.5. The first-order chi connectivity index (χ1) is 15.7. The number of nitrogens with zero attached hydrogens (tertiary/aromatic N) is 2. The second kappa shape index (κ2) is 10.9. The highest BCUT2D eigenvalue weighted by atomic mass is 19.1. The molecule has 0 N–H and O–H groups in total. The van der Waals surface area contributed by atoms with Gasteiger partial charge in [0.15, 0.2) is 0 Å². The standard InChI is InChI=1S/C26H27FN2O3/c27-25-11-2-1-7-21(25)12-15-32-23-9-3-6-20(16-23)18-29(19-24-10-5-14-31-24)26(30)22-8-4-13-28-17-22/h1-4,6-9,11,13,16-17,24H,5,10,12,14-15,18-19H2. The molecule has 1 aliphatic rings. The Kier molecular flexibility index (Phi) is 7.46. The quantitative estimate of drug-likeness (QED) is 0.491. The van der Waals surface area contributed by atoms with Gasteiger partial charge in [-0.2, -0.15) is 0 Å². The third kappa shape index (κ3) is 5.92. The van der Waals surface area contributed by atoms with Gasteiger partial charge in [-0.3, -0.25) is 9.78 Å². The van der Waals surface area contributed by atoms with Crippen molar-refractivity contribution in [2.24, 2.45) is 0 Å². The summed E-state index contributed by atoms with van der Waals surface area (Å²) in [6, 6.07) is 18.0. The van der Waals surface area contributed by atoms with Gasteiger partial charge < -0.3 is 14.4 Å². The van der Waals surface area contributed by atoms with Crippen LogP contribution in [0.2, 0.25) is 0 Å². The molecule has 32 heavy (non-hydrogen) atoms. The van der Waals surface area contributed by atoms with Gasteiger partial charge >= 0.3 is 0 Å². The minimum absolute atomic E-state index is 0.0517. The number of rotatable bonds is 9. The molecule has 0 aliphatic carbocycles. The lowest BCUT2D eigenvalue weighted by Gasteiger charge is -2.26. The lowest BCUT2D eigenvalue weighted by atomic mass is 10.1. The van der Waals surface area contributed by atoms with Gasteiger partial charge in [0, 0.05) is 38.5 Å². The number of hydrogen-bond donors (Lipinski definition) is 0. The van der Waals surface area contributed by atoms with Crippen LogP contribution in [0.5, 0.6) is 5.75 Å². The van der Waals surface area contributed by atoms with Crippen molar-refractivity contribution in [3.8, 4) is 5.75 Å². The van der Waals surface area contributed by atoms with Gasteiger partial charge in [-0.25, -0.2) is 4.39 Å². The van der Waals surface area contributed by atoms with E-state index in [4.69, 9.17) is 9.47 Å². The average Bonchev–Trinajstić information content (AvgIpc) is 3.33. The Bertz CT molecular complexity index is 1020. The fourth-order valence-electron chi connectivity index (χ4n) is 3.86. The van der Waals surface area contributed by atoms with Crippen LogP contribution in [0.1, 0.15) is 34.3 Å². The largest absolute Gasteiger partial charge is 0.493 e. The van der Waals surface area contributed by atoms with Crippen molar-refractivity contribution in [2.45, 2.75) is 31.9 Å². The van der Waals surface area contributed by atoms with Crippen molar-refractivity contribution in [3.63, 3.8) is 0 Å². The molecule has 6 heteroatoms. The number of carbonyl (C=O) groups is 1. The molecule has 4 rings (SSSR count). The summed E-state index contributed by atoms with van der Waals surface area (Å²) in [6.07, 6.45) is 5.76. The van der Waals surface area contributed by atoms with E-state index in [9.17, 15) is 9.18 Å². The van der Waals surface area contributed by atoms with E-state index in [1.54, 1.807) is 36.7 Å². The molecule has 2 heterocycles. The van der Waals surface area contributed by atoms with E-state index in [1.165, 1.54) is 6.07 Å². The topological polar surface area (TPSA) is 51.7 Å². The molecule has 166 valence electrons. The van der Waals surface area contributed by atoms with Crippen LogP contribution in [-0.2, 0) is 17.7 Å². The number of benzene rings is 2. The molecular formula is C26H27FN2O3. The van der Waals surface area contributed by atoms with Gasteiger partial charge in [-0.1, -0.05) is 30.3 Å². The predicted molar refractivity (Wildman–Crippen MR) is 120 cm³/mol. The molecule has 1 amide bonds. The first-order valence-corrected chi connectivity index (χ1v) is 10.9. The number of halogens is 1. The minimum Gasteiger partial charge on any atom is -0.493 e. The van der Waals surface area contributed by atoms with E-state index >= 15 is 0 Å². The molecule has 1 saturated heterocycles. The van der Waals surface area contributed by atoms with Crippen LogP contribution in [0.4, 0.5) is 4.39 Å². The zero-order chi connectivity index (χ0) is 22.2. The van der Waals surface area contributed by atoms with Crippen molar-refractivity contribution in [1.29, 1.82) is 0 Å². The highest BCUT2D eigenvalue weighted by Gasteiger charge is 2.24. The number of hydrogen-bond acceptors (Lipinski definition) is 4. The predicted octanol–water partition coefficient (Wildman–Crippen LogP) is 4.66. The minimum atomic E-state index is -0.219. The molecule has 1 aromatic heterocycles. The van der Waals surface area contributed by atoms with E-state index in [0.717, 1.165) is 25.0 Å². The highest BCUT2D eigenvalue weighted by molar-refractivity contribution is 5.93. The number of pyridine rings is 1. The van der Waals surface area contributed by atoms with Crippen LogP contribution in [0, 0.1) is 5.82 Å². The summed E-state index contributed by atoms with van der Waals surface area (Å²) in [7, 11) is 0. The zero-order valence-electron chi connectivity index (χ0n) is 18.0. The SMILES string of the molecule is O=C(c1cccnc1)N(Cc1cccc(OCCc2ccccc2F)c1)CC1CCCO1. The Morgan fingerprint density at radius 2 is 2.06 bits per heavy atom. The fraction of sp³-hybridized carbons (Fsp3) is 0.308. The van der Waals surface area contributed by atoms with Crippen LogP contribution < -0.4 is 4.74 Å². The van der Waals surface area contributed by atoms with Gasteiger partial charge in [-0.15, -0.1) is 0 Å². The summed E-state index contributed by atoms with van der Waals surface area (Å²) < 4.78 is 25.4. The second-order valence-corrected chi connectivity index (χ2v) is 7.90. The second-order valence-electron chi connectivity index (χ2n) is 7.90. The van der Waals surface area contributed by atoms with E-state index < -0.39 is 0 Å². The first-order valence-electron chi connectivity index (χ1n) is 10.9. The lowest BCUT2D eigenvalue weighted by Crippen LogP contribution is -2.37. The van der Waals surface area contributed by atoms with Gasteiger partial charge in [0.25, 0.3) is 5.91 Å². The zero-order valence-corrected chi connectivity index (χ0v) is 18.0. The summed E-state index contributed by atoms with van der Waals surface area (Å²) in [4.78, 5) is 19.0. The van der Waals surface area contributed by atoms with Gasteiger partial charge in [0.05, 0.1) is 18.3 Å². The average molecular weight is 435 g/mol. The van der Waals surface area contributed by atoms with E-state index in [-0.39, 0.29) is 17.8 Å². The van der Waals surface area contributed by atoms with Crippen molar-refractivity contribution < 1.29 is 18.7 Å². The number of amides is 1. The molecule has 3 aromatic rings. The van der Waals surface area contributed by atoms with E-state index in [0.29, 0.717) is 43.0 Å². The first kappa shape index (κ1) is 22.0. The summed E-state index contributed by atoms with van der Waals surface area (Å²) in [6.45, 7) is 2.09. The van der Waals surface area contributed by atoms with Crippen LogP contribution in [0.15, 0.2) is 73.1 Å². The Morgan fingerprint density at radius 3 is 2.84 bits per heavy atom. The Balaban J connectivity index is 1.42. The van der Waals surface area contributed by atoms with Gasteiger partial charge in [0.2, 0.25) is 0 Å². The Labute approximate surface area is 187 Å². The molecule has 1 fully saturated rings. The van der Waals surface area contributed by atoms with Crippen molar-refractivity contribution in [2.75, 3.05) is 19.8 Å². The van der Waals surface area contributed by atoms with Crippen LogP contribution >= 0.6 is 0 Å². The molecule has 5 nitrogen and oxygen atoms in total. The third-order valence-electron chi connectivity index (χ3n) is 5.51. The summed E-state index contributed by atoms with van der Waals surface area (Å²) in [5.74, 6) is 0.410. The van der Waals surface area contributed by atoms with E-state index in [1.807, 2.05) is 35.2 Å². The summed E-state index contributed by atoms with van der Waals surface area (Å²) in [5.41, 5.74) is 2.15. The Hall–Kier alpha value is -3.25. The molecule has 1 unspecified atom stereocenters. The molecule has 1 aliphatic heterocycles. The van der Waals surface area contributed by atoms with Gasteiger partial charge in [-0.05, 0) is 54.3 Å². The molecule has 1 atom stereocenters. The van der Waals surface area contributed by atoms with Crippen LogP contribution in [0.3, 0.4) is 0 Å². The lowest BCUT2D eigenvalue weighted by molar-refractivity contribution is 0.0507. The van der Waals surface area contributed by atoms with Crippen molar-refractivity contribution in [3.05, 3.63) is 95.6 Å². The summed E-state index contributed by atoms with van der Waals surface area (Å²) >= 11 is 0. The maximum atomic E-state index is 13.8. The maximum absolute atomic E-state index is 13.8. The Morgan fingerprint density at radius 1 is 1.16 bits per heavy atom. The van der Waals surface area contributed by atoms with Crippen LogP contribution in [-0.4, -0.2) is 41.7 Å². The fourth-order valence-corrected chi connectivity index (χ4v) is 3.86. The van der Waals surface area contributed by atoms with Crippen molar-refractivity contribution in [1.82, 2.24) is 9.88 Å². The number of carbonyl (C=O) groups excluding carboxylic acids is 1. The molecule has 0 saturated carbocycles. The smallest absolute Gasteiger partial charge is 0.255 e. The van der Waals surface area contributed by atoms with Crippen LogP contribution in [0.25, 0.3) is 0 Å². The maximum Gasteiger partial charge on any atom is 0.255 e. The third-order valence-corrected chi connectivity index (χ3v) is 5.51. The molecule has 0 spiro atoms. The molecular weight excluding hydrogens is 407 g/mol. The van der Waals surface area contributed by atoms with Crippen molar-refractivity contribution >= 4 is 5.91 Å².